The van der Waals surface area contributed by atoms with Gasteiger partial charge < -0.3 is 10.6 Å². The van der Waals surface area contributed by atoms with Crippen LogP contribution in [0.3, 0.4) is 0 Å². The maximum Gasteiger partial charge on any atom is 0.191 e. The molecule has 27 heavy (non-hydrogen) atoms. The number of aliphatic imine (C=N–C) groups is 1. The van der Waals surface area contributed by atoms with Crippen LogP contribution in [0.2, 0.25) is 0 Å². The summed E-state index contributed by atoms with van der Waals surface area (Å²) in [6.45, 7) is 8.13. The number of piperidine rings is 1. The number of benzene rings is 1. The predicted octanol–water partition coefficient (Wildman–Crippen LogP) is 3.71. The van der Waals surface area contributed by atoms with Crippen molar-refractivity contribution in [2.75, 3.05) is 20.1 Å². The molecule has 148 valence electrons. The van der Waals surface area contributed by atoms with Crippen molar-refractivity contribution in [2.24, 2.45) is 4.99 Å². The first kappa shape index (κ1) is 22.1. The van der Waals surface area contributed by atoms with E-state index in [0.29, 0.717) is 6.04 Å². The average Bonchev–Trinajstić information content (AvgIpc) is 2.97. The molecule has 1 saturated heterocycles. The van der Waals surface area contributed by atoms with Crippen molar-refractivity contribution in [3.8, 4) is 0 Å². The fourth-order valence-corrected chi connectivity index (χ4v) is 4.19. The van der Waals surface area contributed by atoms with E-state index in [0.717, 1.165) is 42.8 Å². The van der Waals surface area contributed by atoms with Crippen molar-refractivity contribution in [1.29, 1.82) is 0 Å². The second kappa shape index (κ2) is 11.0. The van der Waals surface area contributed by atoms with Crippen LogP contribution in [0.1, 0.15) is 34.0 Å². The maximum absolute atomic E-state index is 4.59. The summed E-state index contributed by atoms with van der Waals surface area (Å²) in [6, 6.07) is 11.1. The lowest BCUT2D eigenvalue weighted by molar-refractivity contribution is 0.192. The molecule has 1 aromatic carbocycles. The molecule has 1 aliphatic heterocycles. The Bertz CT molecular complexity index is 712. The number of guanidine groups is 1. The highest BCUT2D eigenvalue weighted by atomic mass is 127. The number of nitrogens with zero attached hydrogens (tertiary/aromatic N) is 3. The zero-order valence-electron chi connectivity index (χ0n) is 16.4. The third-order valence-electron chi connectivity index (χ3n) is 4.80. The summed E-state index contributed by atoms with van der Waals surface area (Å²) in [5.41, 5.74) is 2.50. The van der Waals surface area contributed by atoms with Crippen LogP contribution in [0.5, 0.6) is 0 Å². The van der Waals surface area contributed by atoms with Crippen molar-refractivity contribution >= 4 is 41.3 Å². The Hall–Kier alpha value is -1.19. The molecule has 2 N–H and O–H groups in total. The first-order valence-electron chi connectivity index (χ1n) is 9.30. The lowest BCUT2D eigenvalue weighted by Crippen LogP contribution is -2.50. The van der Waals surface area contributed by atoms with Gasteiger partial charge in [-0.05, 0) is 38.8 Å². The number of aryl methyl sites for hydroxylation is 2. The second-order valence-electron chi connectivity index (χ2n) is 6.88. The SMILES string of the molecule is CN=C(NCc1nc(C)c(C)s1)NC1CCCN(Cc2ccccc2)C1.I. The summed E-state index contributed by atoms with van der Waals surface area (Å²) < 4.78 is 0. The van der Waals surface area contributed by atoms with Crippen molar-refractivity contribution in [3.63, 3.8) is 0 Å². The predicted molar refractivity (Wildman–Crippen MR) is 125 cm³/mol. The van der Waals surface area contributed by atoms with Crippen LogP contribution in [-0.4, -0.2) is 42.0 Å². The highest BCUT2D eigenvalue weighted by Gasteiger charge is 2.20. The largest absolute Gasteiger partial charge is 0.352 e. The summed E-state index contributed by atoms with van der Waals surface area (Å²) in [5, 5.41) is 8.10. The van der Waals surface area contributed by atoms with Crippen LogP contribution >= 0.6 is 35.3 Å². The van der Waals surface area contributed by atoms with Gasteiger partial charge in [-0.25, -0.2) is 4.98 Å². The Balaban J connectivity index is 0.00000261. The van der Waals surface area contributed by atoms with Gasteiger partial charge in [0.2, 0.25) is 0 Å². The van der Waals surface area contributed by atoms with Gasteiger partial charge in [0.15, 0.2) is 5.96 Å². The lowest BCUT2D eigenvalue weighted by Gasteiger charge is -2.33. The zero-order valence-corrected chi connectivity index (χ0v) is 19.5. The van der Waals surface area contributed by atoms with Crippen molar-refractivity contribution < 1.29 is 0 Å². The van der Waals surface area contributed by atoms with E-state index in [1.807, 2.05) is 7.05 Å². The van der Waals surface area contributed by atoms with Crippen LogP contribution in [0.15, 0.2) is 35.3 Å². The Morgan fingerprint density at radius 2 is 2.07 bits per heavy atom. The number of hydrogen-bond donors (Lipinski definition) is 2. The van der Waals surface area contributed by atoms with Gasteiger partial charge >= 0.3 is 0 Å². The third-order valence-corrected chi connectivity index (χ3v) is 5.87. The normalized spacial score (nSPS) is 18.0. The zero-order chi connectivity index (χ0) is 18.4. The van der Waals surface area contributed by atoms with Crippen LogP contribution < -0.4 is 10.6 Å². The molecule has 1 unspecified atom stereocenters. The standard InChI is InChI=1S/C20H29N5S.HI/c1-15-16(2)26-19(23-15)12-22-20(21-3)24-18-10-7-11-25(14-18)13-17-8-5-4-6-9-17;/h4-6,8-9,18H,7,10-14H2,1-3H3,(H2,21,22,24);1H. The number of nitrogens with one attached hydrogen (secondary N) is 2. The van der Waals surface area contributed by atoms with E-state index in [-0.39, 0.29) is 24.0 Å². The monoisotopic (exact) mass is 499 g/mol. The molecule has 5 nitrogen and oxygen atoms in total. The molecule has 2 heterocycles. The molecule has 1 aromatic heterocycles. The smallest absolute Gasteiger partial charge is 0.191 e. The van der Waals surface area contributed by atoms with Gasteiger partial charge in [-0.2, -0.15) is 0 Å². The van der Waals surface area contributed by atoms with Gasteiger partial charge in [-0.15, -0.1) is 35.3 Å². The van der Waals surface area contributed by atoms with Gasteiger partial charge in [-0.1, -0.05) is 30.3 Å². The van der Waals surface area contributed by atoms with Gasteiger partial charge in [-0.3, -0.25) is 9.89 Å². The Morgan fingerprint density at radius 3 is 2.74 bits per heavy atom. The average molecular weight is 499 g/mol. The number of halogens is 1. The quantitative estimate of drug-likeness (QED) is 0.374. The molecule has 2 aromatic rings. The fourth-order valence-electron chi connectivity index (χ4n) is 3.32. The summed E-state index contributed by atoms with van der Waals surface area (Å²) in [4.78, 5) is 12.8. The van der Waals surface area contributed by atoms with Crippen molar-refractivity contribution in [1.82, 2.24) is 20.5 Å². The van der Waals surface area contributed by atoms with Crippen LogP contribution in [0.4, 0.5) is 0 Å². The maximum atomic E-state index is 4.59. The molecule has 3 rings (SSSR count). The number of aromatic nitrogens is 1. The summed E-state index contributed by atoms with van der Waals surface area (Å²) in [5.74, 6) is 0.863. The van der Waals surface area contributed by atoms with E-state index >= 15 is 0 Å². The molecule has 1 atom stereocenters. The van der Waals surface area contributed by atoms with E-state index in [1.165, 1.54) is 23.3 Å². The minimum Gasteiger partial charge on any atom is -0.352 e. The van der Waals surface area contributed by atoms with E-state index in [9.17, 15) is 0 Å². The number of thiazole rings is 1. The van der Waals surface area contributed by atoms with Crippen LogP contribution in [0, 0.1) is 13.8 Å². The first-order chi connectivity index (χ1) is 12.6. The van der Waals surface area contributed by atoms with E-state index in [1.54, 1.807) is 11.3 Å². The molecule has 0 aliphatic carbocycles. The molecule has 0 amide bonds. The topological polar surface area (TPSA) is 52.6 Å². The molecule has 1 fully saturated rings. The number of likely N-dealkylation sites (tertiary alicyclic amines) is 1. The first-order valence-corrected chi connectivity index (χ1v) is 10.1. The minimum absolute atomic E-state index is 0. The fraction of sp³-hybridized carbons (Fsp3) is 0.500. The Labute approximate surface area is 183 Å². The molecule has 0 spiro atoms. The van der Waals surface area contributed by atoms with Gasteiger partial charge in [0.1, 0.15) is 5.01 Å². The molecule has 1 aliphatic rings. The molecule has 0 saturated carbocycles. The summed E-state index contributed by atoms with van der Waals surface area (Å²) in [6.07, 6.45) is 2.40. The van der Waals surface area contributed by atoms with Gasteiger partial charge in [0.25, 0.3) is 0 Å². The molecule has 0 radical (unpaired) electrons. The van der Waals surface area contributed by atoms with E-state index in [4.69, 9.17) is 0 Å². The van der Waals surface area contributed by atoms with Crippen molar-refractivity contribution in [2.45, 2.75) is 45.8 Å². The van der Waals surface area contributed by atoms with Gasteiger partial charge in [0, 0.05) is 31.1 Å². The number of rotatable bonds is 5. The summed E-state index contributed by atoms with van der Waals surface area (Å²) in [7, 11) is 1.83. The Morgan fingerprint density at radius 1 is 1.30 bits per heavy atom. The van der Waals surface area contributed by atoms with Crippen LogP contribution in [0.25, 0.3) is 0 Å². The minimum atomic E-state index is 0. The second-order valence-corrected chi connectivity index (χ2v) is 8.17. The molecular formula is C20H30IN5S. The Kier molecular flexibility index (Phi) is 8.98. The van der Waals surface area contributed by atoms with Crippen LogP contribution in [-0.2, 0) is 13.1 Å². The molecule has 7 heteroatoms. The van der Waals surface area contributed by atoms with E-state index in [2.05, 4.69) is 69.7 Å². The highest BCUT2D eigenvalue weighted by molar-refractivity contribution is 14.0. The third kappa shape index (κ3) is 6.73. The number of hydrogen-bond acceptors (Lipinski definition) is 4. The van der Waals surface area contributed by atoms with E-state index < -0.39 is 0 Å². The lowest BCUT2D eigenvalue weighted by atomic mass is 10.0. The molecule has 0 bridgehead atoms. The highest BCUT2D eigenvalue weighted by Crippen LogP contribution is 2.16. The van der Waals surface area contributed by atoms with Crippen molar-refractivity contribution in [3.05, 3.63) is 51.5 Å². The molecular weight excluding hydrogens is 469 g/mol. The van der Waals surface area contributed by atoms with Gasteiger partial charge in [0.05, 0.1) is 12.2 Å². The summed E-state index contributed by atoms with van der Waals surface area (Å²) >= 11 is 1.75.